The van der Waals surface area contributed by atoms with E-state index in [1.807, 2.05) is 0 Å². The van der Waals surface area contributed by atoms with Crippen molar-refractivity contribution in [1.82, 2.24) is 4.98 Å². The maximum atomic E-state index is 12.3. The molecule has 6 heteroatoms. The van der Waals surface area contributed by atoms with Crippen LogP contribution in [-0.2, 0) is 6.18 Å². The smallest absolute Gasteiger partial charge is 0.255 e. The lowest BCUT2D eigenvalue weighted by Gasteiger charge is -1.99. The Kier molecular flexibility index (Phi) is 2.16. The summed E-state index contributed by atoms with van der Waals surface area (Å²) in [6.45, 7) is 0. The Hall–Kier alpha value is -0.810. The Morgan fingerprint density at radius 2 is 2.07 bits per heavy atom. The molecule has 0 unspecified atom stereocenters. The molecule has 0 saturated carbocycles. The first-order valence-corrected chi connectivity index (χ1v) is 4.79. The van der Waals surface area contributed by atoms with Gasteiger partial charge in [0.05, 0.1) is 15.2 Å². The third-order valence-electron chi connectivity index (χ3n) is 1.64. The predicted molar refractivity (Wildman–Crippen MR) is 49.6 cm³/mol. The largest absolute Gasteiger partial charge is 0.425 e. The van der Waals surface area contributed by atoms with E-state index < -0.39 is 11.1 Å². The van der Waals surface area contributed by atoms with Crippen LogP contribution in [0.1, 0.15) is 4.88 Å². The van der Waals surface area contributed by atoms with Gasteiger partial charge >= 0.3 is 6.18 Å². The van der Waals surface area contributed by atoms with E-state index in [-0.39, 0.29) is 5.52 Å². The lowest BCUT2D eigenvalue weighted by Crippen LogP contribution is -2.00. The maximum Gasteiger partial charge on any atom is 0.425 e. The van der Waals surface area contributed by atoms with Crippen LogP contribution in [0.3, 0.4) is 0 Å². The minimum absolute atomic E-state index is 0.287. The number of halogens is 4. The lowest BCUT2D eigenvalue weighted by molar-refractivity contribution is -0.134. The second kappa shape index (κ2) is 3.10. The zero-order chi connectivity index (χ0) is 10.3. The Morgan fingerprint density at radius 1 is 1.36 bits per heavy atom. The molecule has 0 aliphatic carbocycles. The first-order chi connectivity index (χ1) is 6.48. The van der Waals surface area contributed by atoms with Gasteiger partial charge in [-0.15, -0.1) is 11.3 Å². The second-order valence-corrected chi connectivity index (χ2v) is 4.07. The topological polar surface area (TPSA) is 12.9 Å². The second-order valence-electron chi connectivity index (χ2n) is 2.62. The summed E-state index contributed by atoms with van der Waals surface area (Å²) in [5, 5.41) is 0.301. The van der Waals surface area contributed by atoms with E-state index in [9.17, 15) is 13.2 Å². The van der Waals surface area contributed by atoms with Crippen LogP contribution in [0.4, 0.5) is 13.2 Å². The molecule has 2 rings (SSSR count). The van der Waals surface area contributed by atoms with Gasteiger partial charge in [0.2, 0.25) is 0 Å². The lowest BCUT2D eigenvalue weighted by atomic mass is 10.3. The normalized spacial score (nSPS) is 12.3. The maximum absolute atomic E-state index is 12.3. The quantitative estimate of drug-likeness (QED) is 0.676. The first-order valence-electron chi connectivity index (χ1n) is 3.60. The summed E-state index contributed by atoms with van der Waals surface area (Å²) in [5.41, 5.74) is 0.287. The van der Waals surface area contributed by atoms with E-state index in [2.05, 4.69) is 4.98 Å². The third kappa shape index (κ3) is 1.57. The molecule has 0 aliphatic rings. The van der Waals surface area contributed by atoms with Crippen molar-refractivity contribution in [2.75, 3.05) is 0 Å². The van der Waals surface area contributed by atoms with Crippen molar-refractivity contribution < 1.29 is 13.2 Å². The van der Waals surface area contributed by atoms with Crippen LogP contribution in [0.25, 0.3) is 10.2 Å². The molecule has 0 atom stereocenters. The highest BCUT2D eigenvalue weighted by atomic mass is 35.5. The van der Waals surface area contributed by atoms with E-state index in [1.165, 1.54) is 12.3 Å². The van der Waals surface area contributed by atoms with Gasteiger partial charge in [-0.25, -0.2) is 0 Å². The molecule has 2 aromatic heterocycles. The van der Waals surface area contributed by atoms with Gasteiger partial charge in [-0.05, 0) is 12.1 Å². The van der Waals surface area contributed by atoms with Crippen molar-refractivity contribution in [3.63, 3.8) is 0 Å². The number of hydrogen-bond acceptors (Lipinski definition) is 2. The van der Waals surface area contributed by atoms with E-state index in [0.717, 1.165) is 6.07 Å². The fraction of sp³-hybridized carbons (Fsp3) is 0.125. The number of alkyl halides is 3. The Labute approximate surface area is 86.1 Å². The van der Waals surface area contributed by atoms with Gasteiger partial charge in [0.1, 0.15) is 4.88 Å². The third-order valence-corrected chi connectivity index (χ3v) is 3.27. The highest BCUT2D eigenvalue weighted by molar-refractivity contribution is 7.19. The summed E-state index contributed by atoms with van der Waals surface area (Å²) in [6, 6.07) is 2.48. The zero-order valence-corrected chi connectivity index (χ0v) is 8.17. The minimum atomic E-state index is -4.32. The number of aromatic nitrogens is 1. The first kappa shape index (κ1) is 9.73. The van der Waals surface area contributed by atoms with Crippen LogP contribution < -0.4 is 0 Å². The van der Waals surface area contributed by atoms with Gasteiger partial charge < -0.3 is 0 Å². The summed E-state index contributed by atoms with van der Waals surface area (Å²) in [7, 11) is 0. The van der Waals surface area contributed by atoms with Crippen LogP contribution in [0.2, 0.25) is 5.02 Å². The molecule has 0 aromatic carbocycles. The van der Waals surface area contributed by atoms with Gasteiger partial charge in [-0.2, -0.15) is 13.2 Å². The molecule has 0 saturated heterocycles. The Morgan fingerprint density at radius 3 is 2.64 bits per heavy atom. The molecule has 0 bridgehead atoms. The van der Waals surface area contributed by atoms with E-state index in [1.54, 1.807) is 0 Å². The standard InChI is InChI=1S/C8H3ClF3NS/c9-4-1-2-13-5-3-6(8(10,11)12)14-7(4)5/h1-3H. The number of nitrogens with zero attached hydrogens (tertiary/aromatic N) is 1. The van der Waals surface area contributed by atoms with Gasteiger partial charge in [0.15, 0.2) is 0 Å². The monoisotopic (exact) mass is 237 g/mol. The molecule has 0 fully saturated rings. The fourth-order valence-electron chi connectivity index (χ4n) is 1.05. The van der Waals surface area contributed by atoms with Crippen molar-refractivity contribution in [2.45, 2.75) is 6.18 Å². The van der Waals surface area contributed by atoms with Crippen molar-refractivity contribution in [2.24, 2.45) is 0 Å². The fourth-order valence-corrected chi connectivity index (χ4v) is 2.20. The highest BCUT2D eigenvalue weighted by Gasteiger charge is 2.33. The number of hydrogen-bond donors (Lipinski definition) is 0. The molecular formula is C8H3ClF3NS. The van der Waals surface area contributed by atoms with E-state index >= 15 is 0 Å². The summed E-state index contributed by atoms with van der Waals surface area (Å²) in [5.74, 6) is 0. The summed E-state index contributed by atoms with van der Waals surface area (Å²) < 4.78 is 37.3. The molecule has 2 heterocycles. The van der Waals surface area contributed by atoms with Crippen molar-refractivity contribution in [3.8, 4) is 0 Å². The number of rotatable bonds is 0. The van der Waals surface area contributed by atoms with Gasteiger partial charge in [-0.3, -0.25) is 4.98 Å². The van der Waals surface area contributed by atoms with Crippen LogP contribution in [0.15, 0.2) is 18.3 Å². The predicted octanol–water partition coefficient (Wildman–Crippen LogP) is 3.97. The molecule has 2 aromatic rings. The minimum Gasteiger partial charge on any atom is -0.255 e. The van der Waals surface area contributed by atoms with Crippen molar-refractivity contribution in [3.05, 3.63) is 28.2 Å². The van der Waals surface area contributed by atoms with Crippen molar-refractivity contribution in [1.29, 1.82) is 0 Å². The average Bonchev–Trinajstić information content (AvgIpc) is 2.48. The van der Waals surface area contributed by atoms with Crippen molar-refractivity contribution >= 4 is 33.2 Å². The average molecular weight is 238 g/mol. The van der Waals surface area contributed by atoms with Crippen LogP contribution in [0, 0.1) is 0 Å². The SMILES string of the molecule is FC(F)(F)c1cc2nccc(Cl)c2s1. The number of thiophene rings is 1. The molecule has 14 heavy (non-hydrogen) atoms. The van der Waals surface area contributed by atoms with Crippen LogP contribution in [-0.4, -0.2) is 4.98 Å². The summed E-state index contributed by atoms with van der Waals surface area (Å²) in [6.07, 6.45) is -2.94. The summed E-state index contributed by atoms with van der Waals surface area (Å²) in [4.78, 5) is 3.13. The van der Waals surface area contributed by atoms with Gasteiger partial charge in [0.25, 0.3) is 0 Å². The molecule has 0 N–H and O–H groups in total. The summed E-state index contributed by atoms with van der Waals surface area (Å²) >= 11 is 6.33. The molecule has 74 valence electrons. The van der Waals surface area contributed by atoms with E-state index in [4.69, 9.17) is 11.6 Å². The highest BCUT2D eigenvalue weighted by Crippen LogP contribution is 2.39. The molecule has 0 spiro atoms. The van der Waals surface area contributed by atoms with Crippen LogP contribution >= 0.6 is 22.9 Å². The molecule has 1 nitrogen and oxygen atoms in total. The molecular weight excluding hydrogens is 235 g/mol. The van der Waals surface area contributed by atoms with Crippen LogP contribution in [0.5, 0.6) is 0 Å². The Balaban J connectivity index is 2.69. The van der Waals surface area contributed by atoms with Gasteiger partial charge in [-0.1, -0.05) is 11.6 Å². The zero-order valence-electron chi connectivity index (χ0n) is 6.60. The van der Waals surface area contributed by atoms with E-state index in [0.29, 0.717) is 21.1 Å². The molecule has 0 aliphatic heterocycles. The molecule has 0 radical (unpaired) electrons. The number of fused-ring (bicyclic) bond motifs is 1. The molecule has 0 amide bonds. The number of pyridine rings is 1. The Bertz CT molecular complexity index is 477. The van der Waals surface area contributed by atoms with Gasteiger partial charge in [0, 0.05) is 6.20 Å².